The van der Waals surface area contributed by atoms with E-state index >= 15 is 0 Å². The molecule has 2 amide bonds. The molecule has 2 aliphatic heterocycles. The van der Waals surface area contributed by atoms with Gasteiger partial charge in [0.15, 0.2) is 5.82 Å². The van der Waals surface area contributed by atoms with Gasteiger partial charge in [-0.05, 0) is 25.8 Å². The zero-order valence-corrected chi connectivity index (χ0v) is 19.1. The highest BCUT2D eigenvalue weighted by molar-refractivity contribution is 7.16. The highest BCUT2D eigenvalue weighted by atomic mass is 32.1. The number of carbonyl (C=O) groups excluding carboxylic acids is 1. The molecule has 1 atom stereocenters. The Balaban J connectivity index is 1.42. The first-order chi connectivity index (χ1) is 16.0. The molecule has 3 aromatic rings. The number of hydrogen-bond acceptors (Lipinski definition) is 8. The monoisotopic (exact) mass is 470 g/mol. The summed E-state index contributed by atoms with van der Waals surface area (Å²) in [7, 11) is 1.58. The van der Waals surface area contributed by atoms with Crippen molar-refractivity contribution in [3.05, 3.63) is 29.5 Å². The number of fused-ring (bicyclic) bond motifs is 1. The van der Waals surface area contributed by atoms with Crippen LogP contribution in [-0.4, -0.2) is 91.8 Å². The third kappa shape index (κ3) is 4.35. The van der Waals surface area contributed by atoms with E-state index in [-0.39, 0.29) is 18.0 Å². The summed E-state index contributed by atoms with van der Waals surface area (Å²) in [6.45, 7) is 2.76. The van der Waals surface area contributed by atoms with E-state index in [4.69, 9.17) is 4.98 Å². The second-order valence-electron chi connectivity index (χ2n) is 8.42. The van der Waals surface area contributed by atoms with Gasteiger partial charge in [-0.15, -0.1) is 11.3 Å². The second-order valence-corrected chi connectivity index (χ2v) is 9.32. The van der Waals surface area contributed by atoms with E-state index in [1.54, 1.807) is 40.1 Å². The summed E-state index contributed by atoms with van der Waals surface area (Å²) in [5.74, 6) is 0.915. The first-order valence-corrected chi connectivity index (χ1v) is 11.9. The Morgan fingerprint density at radius 2 is 2.09 bits per heavy atom. The van der Waals surface area contributed by atoms with Crippen LogP contribution in [0.1, 0.15) is 29.8 Å². The predicted molar refractivity (Wildman–Crippen MR) is 124 cm³/mol. The summed E-state index contributed by atoms with van der Waals surface area (Å²) in [5, 5.41) is 22.3. The fourth-order valence-corrected chi connectivity index (χ4v) is 5.19. The number of nitrogens with one attached hydrogen (secondary N) is 2. The number of amides is 2. The molecule has 0 aromatic carbocycles. The van der Waals surface area contributed by atoms with E-state index in [9.17, 15) is 14.7 Å². The number of carbonyl (C=O) groups is 2. The first kappa shape index (κ1) is 21.6. The minimum atomic E-state index is -0.946. The van der Waals surface area contributed by atoms with Crippen molar-refractivity contribution in [2.45, 2.75) is 31.3 Å². The van der Waals surface area contributed by atoms with Gasteiger partial charge in [0.25, 0.3) is 5.91 Å². The quantitative estimate of drug-likeness (QED) is 0.515. The van der Waals surface area contributed by atoms with E-state index in [1.165, 1.54) is 4.90 Å². The van der Waals surface area contributed by atoms with Crippen molar-refractivity contribution in [3.8, 4) is 11.4 Å². The maximum Gasteiger partial charge on any atom is 0.407 e. The fourth-order valence-electron chi connectivity index (χ4n) is 4.39. The zero-order valence-electron chi connectivity index (χ0n) is 18.3. The Labute approximate surface area is 194 Å². The molecule has 0 unspecified atom stereocenters. The van der Waals surface area contributed by atoms with Crippen LogP contribution in [-0.2, 0) is 0 Å². The van der Waals surface area contributed by atoms with Crippen molar-refractivity contribution in [2.75, 3.05) is 38.5 Å². The topological polar surface area (TPSA) is 128 Å². The summed E-state index contributed by atoms with van der Waals surface area (Å²) in [6, 6.07) is 1.88. The van der Waals surface area contributed by atoms with Gasteiger partial charge in [0.1, 0.15) is 16.3 Å². The Hall–Kier alpha value is -3.25. The molecule has 0 spiro atoms. The normalized spacial score (nSPS) is 19.2. The lowest BCUT2D eigenvalue weighted by Crippen LogP contribution is -2.47. The first-order valence-electron chi connectivity index (χ1n) is 11.0. The third-order valence-corrected chi connectivity index (χ3v) is 7.22. The van der Waals surface area contributed by atoms with E-state index in [2.05, 4.69) is 20.7 Å². The SMILES string of the molecule is CN(C(=O)O)C1CCN(C(=O)c2cc(N[C@@H]3CCNC3)nc(-c3cnn4ccsc34)n2)CC1. The largest absolute Gasteiger partial charge is 0.465 e. The van der Waals surface area contributed by atoms with E-state index in [0.717, 1.165) is 29.9 Å². The van der Waals surface area contributed by atoms with Gasteiger partial charge < -0.3 is 25.5 Å². The molecule has 3 N–H and O–H groups in total. The minimum Gasteiger partial charge on any atom is -0.465 e. The molecule has 174 valence electrons. The van der Waals surface area contributed by atoms with Crippen LogP contribution in [0.5, 0.6) is 0 Å². The van der Waals surface area contributed by atoms with Crippen molar-refractivity contribution in [1.82, 2.24) is 34.7 Å². The molecule has 0 saturated carbocycles. The molecule has 5 rings (SSSR count). The van der Waals surface area contributed by atoms with Crippen LogP contribution in [0.15, 0.2) is 23.8 Å². The van der Waals surface area contributed by atoms with Crippen molar-refractivity contribution in [2.24, 2.45) is 0 Å². The van der Waals surface area contributed by atoms with Gasteiger partial charge in [-0.1, -0.05) is 0 Å². The molecule has 0 radical (unpaired) electrons. The second kappa shape index (κ2) is 8.94. The Kier molecular flexibility index (Phi) is 5.85. The van der Waals surface area contributed by atoms with Crippen molar-refractivity contribution >= 4 is 34.0 Å². The van der Waals surface area contributed by atoms with Gasteiger partial charge in [0.05, 0.1) is 11.8 Å². The number of thiazole rings is 1. The Morgan fingerprint density at radius 3 is 2.82 bits per heavy atom. The zero-order chi connectivity index (χ0) is 22.9. The molecule has 11 nitrogen and oxygen atoms in total. The highest BCUT2D eigenvalue weighted by Gasteiger charge is 2.29. The minimum absolute atomic E-state index is 0.0841. The highest BCUT2D eigenvalue weighted by Crippen LogP contribution is 2.27. The van der Waals surface area contributed by atoms with Gasteiger partial charge >= 0.3 is 6.09 Å². The van der Waals surface area contributed by atoms with Gasteiger partial charge in [-0.2, -0.15) is 5.10 Å². The van der Waals surface area contributed by atoms with Crippen molar-refractivity contribution in [1.29, 1.82) is 0 Å². The van der Waals surface area contributed by atoms with E-state index in [0.29, 0.717) is 43.3 Å². The van der Waals surface area contributed by atoms with E-state index in [1.807, 2.05) is 11.6 Å². The van der Waals surface area contributed by atoms with Crippen LogP contribution in [0, 0.1) is 0 Å². The lowest BCUT2D eigenvalue weighted by Gasteiger charge is -2.35. The van der Waals surface area contributed by atoms with Crippen molar-refractivity contribution < 1.29 is 14.7 Å². The average Bonchev–Trinajstić information content (AvgIpc) is 3.57. The van der Waals surface area contributed by atoms with Gasteiger partial charge in [0.2, 0.25) is 0 Å². The molecular weight excluding hydrogens is 444 g/mol. The summed E-state index contributed by atoms with van der Waals surface area (Å²) in [6.07, 6.45) is 4.84. The van der Waals surface area contributed by atoms with Crippen LogP contribution in [0.3, 0.4) is 0 Å². The van der Waals surface area contributed by atoms with Gasteiger partial charge in [-0.3, -0.25) is 4.79 Å². The predicted octanol–water partition coefficient (Wildman–Crippen LogP) is 1.84. The summed E-state index contributed by atoms with van der Waals surface area (Å²) < 4.78 is 1.77. The molecule has 33 heavy (non-hydrogen) atoms. The van der Waals surface area contributed by atoms with Crippen LogP contribution < -0.4 is 10.6 Å². The van der Waals surface area contributed by atoms with Crippen molar-refractivity contribution in [3.63, 3.8) is 0 Å². The lowest BCUT2D eigenvalue weighted by molar-refractivity contribution is 0.0638. The number of likely N-dealkylation sites (tertiary alicyclic amines) is 1. The Bertz CT molecular complexity index is 1160. The van der Waals surface area contributed by atoms with Gasteiger partial charge in [-0.25, -0.2) is 19.3 Å². The average molecular weight is 471 g/mol. The lowest BCUT2D eigenvalue weighted by atomic mass is 10.0. The van der Waals surface area contributed by atoms with Crippen LogP contribution in [0.25, 0.3) is 16.2 Å². The molecule has 3 aromatic heterocycles. The maximum atomic E-state index is 13.4. The number of piperidine rings is 1. The number of anilines is 1. The molecule has 2 saturated heterocycles. The van der Waals surface area contributed by atoms with Crippen LogP contribution >= 0.6 is 11.3 Å². The number of aromatic nitrogens is 4. The fraction of sp³-hybridized carbons (Fsp3) is 0.476. The molecule has 5 heterocycles. The molecule has 12 heteroatoms. The Morgan fingerprint density at radius 1 is 1.27 bits per heavy atom. The maximum absolute atomic E-state index is 13.4. The van der Waals surface area contributed by atoms with Gasteiger partial charge in [0, 0.05) is 56.4 Å². The number of carboxylic acid groups (broad SMARTS) is 1. The van der Waals surface area contributed by atoms with E-state index < -0.39 is 6.09 Å². The molecule has 2 fully saturated rings. The summed E-state index contributed by atoms with van der Waals surface area (Å²) in [5.41, 5.74) is 1.11. The van der Waals surface area contributed by atoms with Crippen LogP contribution in [0.2, 0.25) is 0 Å². The standard InChI is InChI=1S/C21H26N8O3S/c1-27(21(31)32)14-3-6-28(7-4-14)19(30)16-10-17(24-13-2-5-22-11-13)26-18(25-16)15-12-23-29-8-9-33-20(15)29/h8-10,12-14,22H,2-7,11H2,1H3,(H,31,32)(H,24,25,26)/t13-/m1/s1. The molecule has 0 aliphatic carbocycles. The van der Waals surface area contributed by atoms with Crippen LogP contribution in [0.4, 0.5) is 10.6 Å². The summed E-state index contributed by atoms with van der Waals surface area (Å²) >= 11 is 1.54. The summed E-state index contributed by atoms with van der Waals surface area (Å²) in [4.78, 5) is 38.0. The smallest absolute Gasteiger partial charge is 0.407 e. The molecule has 2 aliphatic rings. The number of rotatable bonds is 5. The number of hydrogen-bond donors (Lipinski definition) is 3. The molecule has 0 bridgehead atoms. The number of nitrogens with zero attached hydrogens (tertiary/aromatic N) is 6. The molecular formula is C21H26N8O3S. The third-order valence-electron chi connectivity index (χ3n) is 6.33.